The summed E-state index contributed by atoms with van der Waals surface area (Å²) >= 11 is 7.19. The van der Waals surface area contributed by atoms with Crippen molar-refractivity contribution in [2.75, 3.05) is 11.1 Å². The summed E-state index contributed by atoms with van der Waals surface area (Å²) in [7, 11) is 1.82. The molecule has 2 aromatic carbocycles. The molecule has 3 rings (SSSR count). The number of thioether (sulfide) groups is 1. The normalized spacial score (nSPS) is 10.6. The van der Waals surface area contributed by atoms with Gasteiger partial charge < -0.3 is 9.88 Å². The molecule has 0 unspecified atom stereocenters. The fraction of sp³-hybridized carbons (Fsp3) is 0.118. The Balaban J connectivity index is 1.66. The molecule has 0 aliphatic rings. The summed E-state index contributed by atoms with van der Waals surface area (Å²) in [4.78, 5) is 22.5. The van der Waals surface area contributed by atoms with E-state index in [-0.39, 0.29) is 28.1 Å². The molecule has 0 bridgehead atoms. The number of nitro groups is 1. The summed E-state index contributed by atoms with van der Waals surface area (Å²) in [6.45, 7) is 0. The Kier molecular flexibility index (Phi) is 5.72. The highest BCUT2D eigenvalue weighted by Gasteiger charge is 2.15. The van der Waals surface area contributed by atoms with Crippen molar-refractivity contribution in [2.24, 2.45) is 7.05 Å². The van der Waals surface area contributed by atoms with Gasteiger partial charge in [-0.15, -0.1) is 10.2 Å². The smallest absolute Gasteiger partial charge is 0.271 e. The van der Waals surface area contributed by atoms with Gasteiger partial charge >= 0.3 is 0 Å². The molecule has 27 heavy (non-hydrogen) atoms. The molecule has 0 saturated heterocycles. The van der Waals surface area contributed by atoms with Crippen LogP contribution in [0.4, 0.5) is 11.4 Å². The molecule has 0 fully saturated rings. The molecular weight excluding hydrogens is 390 g/mol. The molecule has 10 heteroatoms. The second kappa shape index (κ2) is 8.19. The summed E-state index contributed by atoms with van der Waals surface area (Å²) in [6.07, 6.45) is 0. The van der Waals surface area contributed by atoms with Gasteiger partial charge in [0, 0.05) is 24.7 Å². The number of rotatable bonds is 6. The molecule has 0 aliphatic carbocycles. The lowest BCUT2D eigenvalue weighted by atomic mass is 10.2. The minimum Gasteiger partial charge on any atom is -0.324 e. The molecule has 8 nitrogen and oxygen atoms in total. The molecule has 1 amide bonds. The van der Waals surface area contributed by atoms with Crippen LogP contribution in [-0.4, -0.2) is 31.3 Å². The average molecular weight is 404 g/mol. The van der Waals surface area contributed by atoms with Gasteiger partial charge in [-0.2, -0.15) is 0 Å². The van der Waals surface area contributed by atoms with Crippen molar-refractivity contribution in [1.82, 2.24) is 14.8 Å². The Hall–Kier alpha value is -2.91. The fourth-order valence-corrected chi connectivity index (χ4v) is 3.19. The van der Waals surface area contributed by atoms with Crippen LogP contribution in [-0.2, 0) is 11.8 Å². The maximum atomic E-state index is 12.2. The highest BCUT2D eigenvalue weighted by Crippen LogP contribution is 2.27. The van der Waals surface area contributed by atoms with Gasteiger partial charge in [0.25, 0.3) is 5.69 Å². The van der Waals surface area contributed by atoms with Crippen LogP contribution in [0.25, 0.3) is 11.4 Å². The zero-order valence-electron chi connectivity index (χ0n) is 14.1. The lowest BCUT2D eigenvalue weighted by Crippen LogP contribution is -2.15. The number of amides is 1. The predicted octanol–water partition coefficient (Wildman–Crippen LogP) is 3.77. The van der Waals surface area contributed by atoms with Gasteiger partial charge in [0.05, 0.1) is 21.4 Å². The van der Waals surface area contributed by atoms with Gasteiger partial charge in [0.15, 0.2) is 11.0 Å². The summed E-state index contributed by atoms with van der Waals surface area (Å²) in [6, 6.07) is 13.5. The molecule has 138 valence electrons. The summed E-state index contributed by atoms with van der Waals surface area (Å²) in [5, 5.41) is 22.5. The number of carbonyl (C=O) groups excluding carboxylic acids is 1. The van der Waals surface area contributed by atoms with Crippen LogP contribution in [0.3, 0.4) is 0 Å². The van der Waals surface area contributed by atoms with Crippen molar-refractivity contribution in [3.05, 3.63) is 63.7 Å². The van der Waals surface area contributed by atoms with Crippen molar-refractivity contribution < 1.29 is 9.72 Å². The Morgan fingerprint density at radius 1 is 1.26 bits per heavy atom. The number of nitrogens with zero attached hydrogens (tertiary/aromatic N) is 4. The van der Waals surface area contributed by atoms with Crippen LogP contribution in [0.5, 0.6) is 0 Å². The SMILES string of the molecule is Cn1c(SCC(=O)Nc2cc([N+](=O)[O-])ccc2Cl)nnc1-c1ccccc1. The van der Waals surface area contributed by atoms with Gasteiger partial charge in [-0.3, -0.25) is 14.9 Å². The van der Waals surface area contributed by atoms with E-state index in [1.54, 1.807) is 4.57 Å². The Bertz CT molecular complexity index is 993. The second-order valence-electron chi connectivity index (χ2n) is 5.49. The fourth-order valence-electron chi connectivity index (χ4n) is 2.32. The summed E-state index contributed by atoms with van der Waals surface area (Å²) in [5.41, 5.74) is 0.967. The first-order chi connectivity index (χ1) is 13.0. The van der Waals surface area contributed by atoms with Crippen LogP contribution in [0.15, 0.2) is 53.7 Å². The maximum Gasteiger partial charge on any atom is 0.271 e. The monoisotopic (exact) mass is 403 g/mol. The van der Waals surface area contributed by atoms with Crippen LogP contribution in [0.2, 0.25) is 5.02 Å². The molecule has 1 aromatic heterocycles. The number of non-ortho nitro benzene ring substituents is 1. The van der Waals surface area contributed by atoms with E-state index in [1.807, 2.05) is 37.4 Å². The topological polar surface area (TPSA) is 103 Å². The maximum absolute atomic E-state index is 12.2. The number of halogens is 1. The first-order valence-corrected chi connectivity index (χ1v) is 9.13. The lowest BCUT2D eigenvalue weighted by molar-refractivity contribution is -0.384. The Morgan fingerprint density at radius 2 is 2.00 bits per heavy atom. The second-order valence-corrected chi connectivity index (χ2v) is 6.84. The number of hydrogen-bond donors (Lipinski definition) is 1. The van der Waals surface area contributed by atoms with Crippen molar-refractivity contribution >= 4 is 40.6 Å². The van der Waals surface area contributed by atoms with Gasteiger partial charge in [0.2, 0.25) is 5.91 Å². The molecule has 0 atom stereocenters. The van der Waals surface area contributed by atoms with Crippen molar-refractivity contribution in [3.8, 4) is 11.4 Å². The number of nitrogens with one attached hydrogen (secondary N) is 1. The van der Waals surface area contributed by atoms with E-state index in [1.165, 1.54) is 30.0 Å². The third-order valence-electron chi connectivity index (χ3n) is 3.63. The van der Waals surface area contributed by atoms with Crippen molar-refractivity contribution in [1.29, 1.82) is 0 Å². The number of hydrogen-bond acceptors (Lipinski definition) is 6. The third-order valence-corrected chi connectivity index (χ3v) is 4.98. The molecule has 0 spiro atoms. The van der Waals surface area contributed by atoms with Crippen LogP contribution in [0, 0.1) is 10.1 Å². The number of carbonyl (C=O) groups is 1. The Morgan fingerprint density at radius 3 is 2.70 bits per heavy atom. The molecule has 1 heterocycles. The molecule has 0 saturated carbocycles. The summed E-state index contributed by atoms with van der Waals surface area (Å²) in [5.74, 6) is 0.395. The number of nitro benzene ring substituents is 1. The minimum atomic E-state index is -0.550. The number of benzene rings is 2. The van der Waals surface area contributed by atoms with E-state index in [9.17, 15) is 14.9 Å². The molecule has 3 aromatic rings. The Labute approximate surface area is 163 Å². The van der Waals surface area contributed by atoms with Gasteiger partial charge in [-0.1, -0.05) is 53.7 Å². The van der Waals surface area contributed by atoms with Crippen LogP contribution in [0.1, 0.15) is 0 Å². The number of aromatic nitrogens is 3. The van der Waals surface area contributed by atoms with Gasteiger partial charge in [0.1, 0.15) is 0 Å². The van der Waals surface area contributed by atoms with Crippen LogP contribution < -0.4 is 5.32 Å². The van der Waals surface area contributed by atoms with E-state index in [4.69, 9.17) is 11.6 Å². The predicted molar refractivity (Wildman–Crippen MR) is 104 cm³/mol. The zero-order valence-corrected chi connectivity index (χ0v) is 15.7. The van der Waals surface area contributed by atoms with Gasteiger partial charge in [-0.25, -0.2) is 0 Å². The first kappa shape index (κ1) is 18.9. The first-order valence-electron chi connectivity index (χ1n) is 7.77. The largest absolute Gasteiger partial charge is 0.324 e. The van der Waals surface area contributed by atoms with E-state index in [0.29, 0.717) is 11.0 Å². The summed E-state index contributed by atoms with van der Waals surface area (Å²) < 4.78 is 1.80. The third kappa shape index (κ3) is 4.44. The van der Waals surface area contributed by atoms with Crippen molar-refractivity contribution in [2.45, 2.75) is 5.16 Å². The van der Waals surface area contributed by atoms with E-state index in [0.717, 1.165) is 5.56 Å². The van der Waals surface area contributed by atoms with Crippen LogP contribution >= 0.6 is 23.4 Å². The average Bonchev–Trinajstić information content (AvgIpc) is 3.03. The number of anilines is 1. The van der Waals surface area contributed by atoms with E-state index in [2.05, 4.69) is 15.5 Å². The molecule has 0 radical (unpaired) electrons. The van der Waals surface area contributed by atoms with Crippen molar-refractivity contribution in [3.63, 3.8) is 0 Å². The minimum absolute atomic E-state index is 0.0553. The molecular formula is C17H14ClN5O3S. The highest BCUT2D eigenvalue weighted by molar-refractivity contribution is 7.99. The molecule has 1 N–H and O–H groups in total. The van der Waals surface area contributed by atoms with Gasteiger partial charge in [-0.05, 0) is 6.07 Å². The van der Waals surface area contributed by atoms with E-state index >= 15 is 0 Å². The standard InChI is InChI=1S/C17H14ClN5O3S/c1-22-16(11-5-3-2-4-6-11)20-21-17(22)27-10-15(24)19-14-9-12(23(25)26)7-8-13(14)18/h2-9H,10H2,1H3,(H,19,24). The molecule has 0 aliphatic heterocycles. The van der Waals surface area contributed by atoms with E-state index < -0.39 is 4.92 Å². The lowest BCUT2D eigenvalue weighted by Gasteiger charge is -2.07. The quantitative estimate of drug-likeness (QED) is 0.381. The zero-order chi connectivity index (χ0) is 19.4. The highest BCUT2D eigenvalue weighted by atomic mass is 35.5.